The van der Waals surface area contributed by atoms with E-state index in [1.54, 1.807) is 18.2 Å². The lowest BCUT2D eigenvalue weighted by molar-refractivity contribution is 0.0697. The standard InChI is InChI=1S/C14H16N2O3/c1-14(2)7-19-6-9(14)12-15-10-4-3-8(13(17)18)5-11(10)16-12/h3-5,9H,6-7H2,1-2H3,(H,15,16)(H,17,18)/t9-/m1/s1. The SMILES string of the molecule is CC1(C)COC[C@@H]1c1nc2ccc(C(=O)O)cc2[nH]1. The number of aromatic carboxylic acids is 1. The van der Waals surface area contributed by atoms with Gasteiger partial charge in [0.1, 0.15) is 5.82 Å². The van der Waals surface area contributed by atoms with Gasteiger partial charge in [-0.2, -0.15) is 0 Å². The first kappa shape index (κ1) is 12.2. The second-order valence-electron chi connectivity index (χ2n) is 5.72. The minimum absolute atomic E-state index is 0.0451. The molecule has 0 unspecified atom stereocenters. The molecule has 2 heterocycles. The van der Waals surface area contributed by atoms with E-state index in [0.717, 1.165) is 23.5 Å². The summed E-state index contributed by atoms with van der Waals surface area (Å²) in [5, 5.41) is 8.99. The number of aromatic nitrogens is 2. The van der Waals surface area contributed by atoms with Crippen molar-refractivity contribution < 1.29 is 14.6 Å². The summed E-state index contributed by atoms with van der Waals surface area (Å²) in [6.07, 6.45) is 0. The number of benzene rings is 1. The first-order valence-corrected chi connectivity index (χ1v) is 6.28. The quantitative estimate of drug-likeness (QED) is 0.869. The largest absolute Gasteiger partial charge is 0.478 e. The third-order valence-corrected chi connectivity index (χ3v) is 3.78. The fourth-order valence-electron chi connectivity index (χ4n) is 2.54. The molecule has 2 N–H and O–H groups in total. The first-order valence-electron chi connectivity index (χ1n) is 6.28. The molecule has 1 atom stereocenters. The maximum absolute atomic E-state index is 11.0. The van der Waals surface area contributed by atoms with Crippen molar-refractivity contribution in [2.75, 3.05) is 13.2 Å². The maximum atomic E-state index is 11.0. The van der Waals surface area contributed by atoms with E-state index in [1.807, 2.05) is 0 Å². The molecule has 1 aliphatic heterocycles. The van der Waals surface area contributed by atoms with Gasteiger partial charge in [-0.05, 0) is 18.2 Å². The van der Waals surface area contributed by atoms with Crippen LogP contribution in [0.1, 0.15) is 35.9 Å². The van der Waals surface area contributed by atoms with Gasteiger partial charge in [0, 0.05) is 11.3 Å². The van der Waals surface area contributed by atoms with Gasteiger partial charge in [-0.15, -0.1) is 0 Å². The highest BCUT2D eigenvalue weighted by Gasteiger charge is 2.38. The Morgan fingerprint density at radius 2 is 2.32 bits per heavy atom. The Labute approximate surface area is 110 Å². The van der Waals surface area contributed by atoms with Gasteiger partial charge in [-0.25, -0.2) is 9.78 Å². The third-order valence-electron chi connectivity index (χ3n) is 3.78. The number of hydrogen-bond donors (Lipinski definition) is 2. The smallest absolute Gasteiger partial charge is 0.335 e. The molecule has 5 heteroatoms. The third kappa shape index (κ3) is 2.00. The Kier molecular flexibility index (Phi) is 2.60. The Bertz CT molecular complexity index is 645. The Balaban J connectivity index is 2.04. The predicted octanol–water partition coefficient (Wildman–Crippen LogP) is 2.40. The Morgan fingerprint density at radius 1 is 1.53 bits per heavy atom. The predicted molar refractivity (Wildman–Crippen MR) is 70.4 cm³/mol. The molecule has 0 spiro atoms. The van der Waals surface area contributed by atoms with Gasteiger partial charge >= 0.3 is 5.97 Å². The number of carboxylic acid groups (broad SMARTS) is 1. The van der Waals surface area contributed by atoms with Crippen LogP contribution in [0.4, 0.5) is 0 Å². The fourth-order valence-corrected chi connectivity index (χ4v) is 2.54. The number of fused-ring (bicyclic) bond motifs is 1. The normalized spacial score (nSPS) is 21.9. The highest BCUT2D eigenvalue weighted by Crippen LogP contribution is 2.40. The van der Waals surface area contributed by atoms with Crippen LogP contribution >= 0.6 is 0 Å². The summed E-state index contributed by atoms with van der Waals surface area (Å²) in [5.41, 5.74) is 1.87. The van der Waals surface area contributed by atoms with Gasteiger partial charge < -0.3 is 14.8 Å². The molecule has 1 saturated heterocycles. The Hall–Kier alpha value is -1.88. The highest BCUT2D eigenvalue weighted by molar-refractivity contribution is 5.92. The van der Waals surface area contributed by atoms with Crippen LogP contribution in [0.25, 0.3) is 11.0 Å². The number of carboxylic acids is 1. The second kappa shape index (κ2) is 4.06. The lowest BCUT2D eigenvalue weighted by Crippen LogP contribution is -2.20. The molecule has 100 valence electrons. The van der Waals surface area contributed by atoms with Crippen molar-refractivity contribution in [3.8, 4) is 0 Å². The molecule has 0 radical (unpaired) electrons. The molecule has 19 heavy (non-hydrogen) atoms. The summed E-state index contributed by atoms with van der Waals surface area (Å²) >= 11 is 0. The van der Waals surface area contributed by atoms with Crippen LogP contribution in [0.15, 0.2) is 18.2 Å². The number of hydrogen-bond acceptors (Lipinski definition) is 3. The lowest BCUT2D eigenvalue weighted by atomic mass is 9.82. The molecular weight excluding hydrogens is 244 g/mol. The molecule has 0 saturated carbocycles. The summed E-state index contributed by atoms with van der Waals surface area (Å²) in [6.45, 7) is 5.68. The molecule has 5 nitrogen and oxygen atoms in total. The van der Waals surface area contributed by atoms with Crippen molar-refractivity contribution in [3.05, 3.63) is 29.6 Å². The van der Waals surface area contributed by atoms with Crippen LogP contribution in [-0.2, 0) is 4.74 Å². The highest BCUT2D eigenvalue weighted by atomic mass is 16.5. The zero-order valence-corrected chi connectivity index (χ0v) is 10.9. The molecule has 1 aromatic carbocycles. The van der Waals surface area contributed by atoms with Gasteiger partial charge in [0.2, 0.25) is 0 Å². The van der Waals surface area contributed by atoms with E-state index in [2.05, 4.69) is 23.8 Å². The molecule has 1 fully saturated rings. The van der Waals surface area contributed by atoms with Crippen molar-refractivity contribution in [2.24, 2.45) is 5.41 Å². The molecule has 2 aromatic rings. The monoisotopic (exact) mass is 260 g/mol. The molecule has 0 amide bonds. The number of H-pyrrole nitrogens is 1. The first-order chi connectivity index (χ1) is 8.97. The zero-order chi connectivity index (χ0) is 13.6. The second-order valence-corrected chi connectivity index (χ2v) is 5.72. The van der Waals surface area contributed by atoms with Crippen molar-refractivity contribution >= 4 is 17.0 Å². The molecule has 0 bridgehead atoms. The van der Waals surface area contributed by atoms with E-state index in [1.165, 1.54) is 0 Å². The van der Waals surface area contributed by atoms with Crippen LogP contribution in [0, 0.1) is 5.41 Å². The van der Waals surface area contributed by atoms with Gasteiger partial charge in [0.15, 0.2) is 0 Å². The van der Waals surface area contributed by atoms with E-state index < -0.39 is 5.97 Å². The molecule has 0 aliphatic carbocycles. The summed E-state index contributed by atoms with van der Waals surface area (Å²) in [4.78, 5) is 18.8. The lowest BCUT2D eigenvalue weighted by Gasteiger charge is -2.22. The van der Waals surface area contributed by atoms with E-state index >= 15 is 0 Å². The summed E-state index contributed by atoms with van der Waals surface area (Å²) < 4.78 is 5.53. The number of ether oxygens (including phenoxy) is 1. The molecule has 3 rings (SSSR count). The number of nitrogens with one attached hydrogen (secondary N) is 1. The summed E-state index contributed by atoms with van der Waals surface area (Å²) in [5.74, 6) is 0.163. The van der Waals surface area contributed by atoms with E-state index in [-0.39, 0.29) is 16.9 Å². The molecule has 1 aliphatic rings. The number of imidazole rings is 1. The van der Waals surface area contributed by atoms with Gasteiger partial charge in [0.25, 0.3) is 0 Å². The Morgan fingerprint density at radius 3 is 2.95 bits per heavy atom. The summed E-state index contributed by atoms with van der Waals surface area (Å²) in [6, 6.07) is 4.93. The van der Waals surface area contributed by atoms with Crippen molar-refractivity contribution in [1.82, 2.24) is 9.97 Å². The maximum Gasteiger partial charge on any atom is 0.335 e. The van der Waals surface area contributed by atoms with Crippen LogP contribution < -0.4 is 0 Å². The van der Waals surface area contributed by atoms with Gasteiger partial charge in [-0.1, -0.05) is 13.8 Å². The van der Waals surface area contributed by atoms with Crippen LogP contribution in [0.3, 0.4) is 0 Å². The van der Waals surface area contributed by atoms with Crippen molar-refractivity contribution in [3.63, 3.8) is 0 Å². The minimum atomic E-state index is -0.928. The number of carbonyl (C=O) groups is 1. The van der Waals surface area contributed by atoms with Crippen LogP contribution in [-0.4, -0.2) is 34.3 Å². The average Bonchev–Trinajstić information content (AvgIpc) is 2.89. The van der Waals surface area contributed by atoms with Gasteiger partial charge in [0.05, 0.1) is 29.8 Å². The zero-order valence-electron chi connectivity index (χ0n) is 10.9. The van der Waals surface area contributed by atoms with Gasteiger partial charge in [-0.3, -0.25) is 0 Å². The molecule has 1 aromatic heterocycles. The van der Waals surface area contributed by atoms with E-state index in [4.69, 9.17) is 9.84 Å². The van der Waals surface area contributed by atoms with Crippen LogP contribution in [0.5, 0.6) is 0 Å². The van der Waals surface area contributed by atoms with E-state index in [0.29, 0.717) is 6.61 Å². The average molecular weight is 260 g/mol. The fraction of sp³-hybridized carbons (Fsp3) is 0.429. The number of aromatic amines is 1. The molecular formula is C14H16N2O3. The minimum Gasteiger partial charge on any atom is -0.478 e. The van der Waals surface area contributed by atoms with Crippen molar-refractivity contribution in [2.45, 2.75) is 19.8 Å². The summed E-state index contributed by atoms with van der Waals surface area (Å²) in [7, 11) is 0. The topological polar surface area (TPSA) is 75.2 Å². The number of rotatable bonds is 2. The van der Waals surface area contributed by atoms with Crippen molar-refractivity contribution in [1.29, 1.82) is 0 Å². The number of nitrogens with zero attached hydrogens (tertiary/aromatic N) is 1. The van der Waals surface area contributed by atoms with Crippen LogP contribution in [0.2, 0.25) is 0 Å². The van der Waals surface area contributed by atoms with E-state index in [9.17, 15) is 4.79 Å².